The van der Waals surface area contributed by atoms with Crippen molar-refractivity contribution in [1.29, 1.82) is 0 Å². The molecule has 1 unspecified atom stereocenters. The van der Waals surface area contributed by atoms with Gasteiger partial charge >= 0.3 is 0 Å². The average Bonchev–Trinajstić information content (AvgIpc) is 3.16. The predicted octanol–water partition coefficient (Wildman–Crippen LogP) is 3.64. The van der Waals surface area contributed by atoms with Gasteiger partial charge in [-0.05, 0) is 50.6 Å². The first-order valence-electron chi connectivity index (χ1n) is 13.9. The molecule has 1 aromatic carbocycles. The van der Waals surface area contributed by atoms with Crippen LogP contribution in [0.2, 0.25) is 0 Å². The molecular formula is C29H47N5O3. The molecule has 3 heterocycles. The van der Waals surface area contributed by atoms with Crippen LogP contribution in [0.1, 0.15) is 71.8 Å². The van der Waals surface area contributed by atoms with Crippen molar-refractivity contribution in [2.45, 2.75) is 84.4 Å². The number of amides is 1. The summed E-state index contributed by atoms with van der Waals surface area (Å²) in [5, 5.41) is 14.1. The van der Waals surface area contributed by atoms with E-state index in [1.807, 2.05) is 13.8 Å². The van der Waals surface area contributed by atoms with Crippen molar-refractivity contribution in [3.63, 3.8) is 0 Å². The smallest absolute Gasteiger partial charge is 0.255 e. The highest BCUT2D eigenvalue weighted by Crippen LogP contribution is 2.23. The Hall–Kier alpha value is -2.71. The van der Waals surface area contributed by atoms with Crippen molar-refractivity contribution in [2.75, 3.05) is 37.6 Å². The lowest BCUT2D eigenvalue weighted by atomic mass is 9.91. The van der Waals surface area contributed by atoms with E-state index in [4.69, 9.17) is 0 Å². The Balaban J connectivity index is 0.000000336. The van der Waals surface area contributed by atoms with Gasteiger partial charge in [0.05, 0.1) is 18.5 Å². The Morgan fingerprint density at radius 3 is 2.46 bits per heavy atom. The number of likely N-dealkylation sites (tertiary alicyclic amines) is 1. The number of aliphatic hydroxyl groups is 1. The lowest BCUT2D eigenvalue weighted by Gasteiger charge is -2.36. The zero-order valence-corrected chi connectivity index (χ0v) is 23.4. The first-order valence-corrected chi connectivity index (χ1v) is 13.9. The van der Waals surface area contributed by atoms with Crippen LogP contribution in [0, 0.1) is 0 Å². The molecule has 0 spiro atoms. The summed E-state index contributed by atoms with van der Waals surface area (Å²) in [6.45, 7) is 14.6. The number of anilines is 1. The molecule has 206 valence electrons. The topological polar surface area (TPSA) is 90.7 Å². The number of carbonyl (C=O) groups is 1. The summed E-state index contributed by atoms with van der Waals surface area (Å²) in [5.41, 5.74) is 0.331. The van der Waals surface area contributed by atoms with Gasteiger partial charge < -0.3 is 20.2 Å². The Bertz CT molecular complexity index is 973. The van der Waals surface area contributed by atoms with Gasteiger partial charge in [-0.15, -0.1) is 0 Å². The minimum absolute atomic E-state index is 0.152. The van der Waals surface area contributed by atoms with Gasteiger partial charge in [0, 0.05) is 38.3 Å². The van der Waals surface area contributed by atoms with Crippen LogP contribution in [0.5, 0.6) is 0 Å². The maximum Gasteiger partial charge on any atom is 0.255 e. The Morgan fingerprint density at radius 1 is 1.19 bits per heavy atom. The largest absolute Gasteiger partial charge is 0.388 e. The standard InChI is InChI=1S/C17H27N5O3.C10H14.C2H6/c1-14-10-18-5-2-6-22(14)15-9-16(24)21(12-19-15)11-17(25)3-7-20(13-23)8-4-17;1-3-9(2)10-7-5-4-6-8-10;1-2/h9,12-14,18,25H,2-8,10-11H2,1H3;4-9H,3H2,1-2H3;1-2H3/t14-;;/m1../s1. The van der Waals surface area contributed by atoms with Gasteiger partial charge in [-0.3, -0.25) is 14.2 Å². The number of piperidine rings is 1. The maximum absolute atomic E-state index is 12.5. The van der Waals surface area contributed by atoms with Crippen LogP contribution in [0.3, 0.4) is 0 Å². The van der Waals surface area contributed by atoms with E-state index >= 15 is 0 Å². The molecule has 2 atom stereocenters. The zero-order chi connectivity index (χ0) is 27.3. The monoisotopic (exact) mass is 513 g/mol. The number of carbonyl (C=O) groups excluding carboxylic acids is 1. The third-order valence-corrected chi connectivity index (χ3v) is 7.21. The number of hydrogen-bond acceptors (Lipinski definition) is 6. The molecular weight excluding hydrogens is 466 g/mol. The molecule has 0 bridgehead atoms. The fourth-order valence-electron chi connectivity index (χ4n) is 4.59. The summed E-state index contributed by atoms with van der Waals surface area (Å²) in [6, 6.07) is 12.5. The van der Waals surface area contributed by atoms with E-state index in [0.29, 0.717) is 37.7 Å². The molecule has 8 heteroatoms. The number of rotatable bonds is 6. The van der Waals surface area contributed by atoms with Crippen molar-refractivity contribution in [3.8, 4) is 0 Å². The van der Waals surface area contributed by atoms with Gasteiger partial charge in [0.2, 0.25) is 6.41 Å². The minimum Gasteiger partial charge on any atom is -0.388 e. The number of hydrogen-bond donors (Lipinski definition) is 2. The van der Waals surface area contributed by atoms with Gasteiger partial charge in [-0.25, -0.2) is 4.98 Å². The van der Waals surface area contributed by atoms with Gasteiger partial charge in [0.1, 0.15) is 5.82 Å². The molecule has 0 radical (unpaired) electrons. The Kier molecular flexibility index (Phi) is 12.8. The number of aromatic nitrogens is 2. The predicted molar refractivity (Wildman–Crippen MR) is 151 cm³/mol. The number of nitrogens with one attached hydrogen (secondary N) is 1. The van der Waals surface area contributed by atoms with E-state index in [2.05, 4.69) is 66.3 Å². The van der Waals surface area contributed by atoms with Gasteiger partial charge in [0.25, 0.3) is 5.56 Å². The van der Waals surface area contributed by atoms with Crippen LogP contribution in [0.4, 0.5) is 5.82 Å². The molecule has 2 saturated heterocycles. The second kappa shape index (κ2) is 15.5. The first kappa shape index (κ1) is 30.5. The summed E-state index contributed by atoms with van der Waals surface area (Å²) < 4.78 is 1.47. The molecule has 2 aliphatic heterocycles. The molecule has 2 aromatic rings. The van der Waals surface area contributed by atoms with Crippen molar-refractivity contribution in [2.24, 2.45) is 0 Å². The van der Waals surface area contributed by atoms with Gasteiger partial charge in [-0.1, -0.05) is 58.0 Å². The van der Waals surface area contributed by atoms with Crippen LogP contribution in [0.25, 0.3) is 0 Å². The second-order valence-electron chi connectivity index (χ2n) is 9.90. The van der Waals surface area contributed by atoms with Crippen molar-refractivity contribution >= 4 is 12.2 Å². The molecule has 4 rings (SSSR count). The molecule has 1 amide bonds. The van der Waals surface area contributed by atoms with E-state index in [1.165, 1.54) is 22.9 Å². The minimum atomic E-state index is -0.966. The molecule has 2 fully saturated rings. The highest BCUT2D eigenvalue weighted by Gasteiger charge is 2.32. The summed E-state index contributed by atoms with van der Waals surface area (Å²) in [6.07, 6.45) is 5.52. The third-order valence-electron chi connectivity index (χ3n) is 7.21. The Morgan fingerprint density at radius 2 is 1.86 bits per heavy atom. The Labute approximate surface area is 222 Å². The van der Waals surface area contributed by atoms with E-state index < -0.39 is 5.60 Å². The van der Waals surface area contributed by atoms with E-state index in [0.717, 1.165) is 32.5 Å². The van der Waals surface area contributed by atoms with Gasteiger partial charge in [-0.2, -0.15) is 0 Å². The molecule has 1 aromatic heterocycles. The SMILES string of the molecule is CC.CCC(C)c1ccccc1.C[C@@H]1CNCCCN1c1cc(=O)n(CC2(O)CCN(C=O)CC2)cn1. The highest BCUT2D eigenvalue weighted by molar-refractivity contribution is 5.47. The van der Waals surface area contributed by atoms with E-state index in [1.54, 1.807) is 11.0 Å². The fraction of sp³-hybridized carbons (Fsp3) is 0.621. The van der Waals surface area contributed by atoms with Crippen molar-refractivity contribution < 1.29 is 9.90 Å². The fourth-order valence-corrected chi connectivity index (χ4v) is 4.59. The normalized spacial score (nSPS) is 19.9. The van der Waals surface area contributed by atoms with Crippen LogP contribution >= 0.6 is 0 Å². The second-order valence-corrected chi connectivity index (χ2v) is 9.90. The lowest BCUT2D eigenvalue weighted by molar-refractivity contribution is -0.122. The first-order chi connectivity index (χ1) is 17.8. The summed E-state index contributed by atoms with van der Waals surface area (Å²) in [5.74, 6) is 1.40. The van der Waals surface area contributed by atoms with Crippen molar-refractivity contribution in [1.82, 2.24) is 19.8 Å². The van der Waals surface area contributed by atoms with E-state index in [9.17, 15) is 14.7 Å². The number of nitrogens with zero attached hydrogens (tertiary/aromatic N) is 4. The molecule has 0 aliphatic carbocycles. The van der Waals surface area contributed by atoms with Crippen LogP contribution in [0.15, 0.2) is 47.5 Å². The average molecular weight is 514 g/mol. The van der Waals surface area contributed by atoms with Crippen LogP contribution < -0.4 is 15.8 Å². The molecule has 37 heavy (non-hydrogen) atoms. The quantitative estimate of drug-likeness (QED) is 0.573. The van der Waals surface area contributed by atoms with Gasteiger partial charge in [0.15, 0.2) is 0 Å². The van der Waals surface area contributed by atoms with Crippen molar-refractivity contribution in [3.05, 3.63) is 58.6 Å². The maximum atomic E-state index is 12.5. The third kappa shape index (κ3) is 9.27. The lowest BCUT2D eigenvalue weighted by Crippen LogP contribution is -2.47. The summed E-state index contributed by atoms with van der Waals surface area (Å²) in [7, 11) is 0. The number of benzene rings is 1. The summed E-state index contributed by atoms with van der Waals surface area (Å²) in [4.78, 5) is 31.6. The molecule has 0 saturated carbocycles. The molecule has 2 aliphatic rings. The molecule has 2 N–H and O–H groups in total. The summed E-state index contributed by atoms with van der Waals surface area (Å²) >= 11 is 0. The van der Waals surface area contributed by atoms with Crippen LogP contribution in [-0.2, 0) is 11.3 Å². The van der Waals surface area contributed by atoms with Crippen LogP contribution in [-0.4, -0.2) is 70.3 Å². The highest BCUT2D eigenvalue weighted by atomic mass is 16.3. The van der Waals surface area contributed by atoms with E-state index in [-0.39, 0.29) is 18.1 Å². The zero-order valence-electron chi connectivity index (χ0n) is 23.4. The molecule has 8 nitrogen and oxygen atoms in total.